The molecule has 2 aromatic rings. The summed E-state index contributed by atoms with van der Waals surface area (Å²) in [6.07, 6.45) is 4.58. The second-order valence-corrected chi connectivity index (χ2v) is 4.47. The maximum absolute atomic E-state index is 6.10. The number of H-pyrrole nitrogens is 1. The monoisotopic (exact) mass is 232 g/mol. The van der Waals surface area contributed by atoms with Crippen LogP contribution >= 0.6 is 0 Å². The number of aromatic amines is 1. The second kappa shape index (κ2) is 3.58. The number of rotatable bonds is 3. The summed E-state index contributed by atoms with van der Waals surface area (Å²) < 4.78 is 10.6. The van der Waals surface area contributed by atoms with E-state index in [9.17, 15) is 0 Å². The third-order valence-corrected chi connectivity index (χ3v) is 3.41. The molecule has 0 spiro atoms. The van der Waals surface area contributed by atoms with Crippen molar-refractivity contribution in [2.24, 2.45) is 0 Å². The van der Waals surface area contributed by atoms with Crippen LogP contribution in [0.25, 0.3) is 10.9 Å². The van der Waals surface area contributed by atoms with Crippen LogP contribution in [0.1, 0.15) is 24.3 Å². The van der Waals surface area contributed by atoms with E-state index in [2.05, 4.69) is 11.2 Å². The highest BCUT2D eigenvalue weighted by molar-refractivity contribution is 5.98. The SMILES string of the molecule is COc1cc2c(C3CC3)c[nH]c2c(N)c1OC. The minimum Gasteiger partial charge on any atom is -0.493 e. The number of hydrogen-bond donors (Lipinski definition) is 2. The fraction of sp³-hybridized carbons (Fsp3) is 0.385. The molecule has 3 rings (SSSR count). The molecule has 1 heterocycles. The van der Waals surface area contributed by atoms with Gasteiger partial charge in [0.05, 0.1) is 19.7 Å². The van der Waals surface area contributed by atoms with Gasteiger partial charge in [-0.15, -0.1) is 0 Å². The lowest BCUT2D eigenvalue weighted by Crippen LogP contribution is -1.97. The van der Waals surface area contributed by atoms with E-state index in [1.807, 2.05) is 6.07 Å². The number of hydrogen-bond acceptors (Lipinski definition) is 3. The lowest BCUT2D eigenvalue weighted by molar-refractivity contribution is 0.357. The van der Waals surface area contributed by atoms with Gasteiger partial charge in [-0.3, -0.25) is 0 Å². The van der Waals surface area contributed by atoms with Crippen LogP contribution in [0.2, 0.25) is 0 Å². The molecule has 1 aromatic heterocycles. The zero-order valence-electron chi connectivity index (χ0n) is 10.0. The Labute approximate surface area is 99.7 Å². The summed E-state index contributed by atoms with van der Waals surface area (Å²) in [5.41, 5.74) is 9.01. The van der Waals surface area contributed by atoms with Crippen molar-refractivity contribution in [3.8, 4) is 11.5 Å². The van der Waals surface area contributed by atoms with Crippen LogP contribution in [0, 0.1) is 0 Å². The van der Waals surface area contributed by atoms with E-state index in [-0.39, 0.29) is 0 Å². The summed E-state index contributed by atoms with van der Waals surface area (Å²) in [4.78, 5) is 3.24. The molecule has 1 aliphatic rings. The Bertz CT molecular complexity index is 570. The molecular formula is C13H16N2O2. The lowest BCUT2D eigenvalue weighted by atomic mass is 10.1. The van der Waals surface area contributed by atoms with Crippen molar-refractivity contribution < 1.29 is 9.47 Å². The van der Waals surface area contributed by atoms with Gasteiger partial charge in [0, 0.05) is 11.6 Å². The summed E-state index contributed by atoms with van der Waals surface area (Å²) in [6.45, 7) is 0. The van der Waals surface area contributed by atoms with E-state index in [1.54, 1.807) is 14.2 Å². The molecule has 0 aliphatic heterocycles. The van der Waals surface area contributed by atoms with Gasteiger partial charge in [0.25, 0.3) is 0 Å². The van der Waals surface area contributed by atoms with Crippen molar-refractivity contribution in [2.75, 3.05) is 20.0 Å². The molecule has 0 bridgehead atoms. The predicted octanol–water partition coefficient (Wildman–Crippen LogP) is 2.64. The van der Waals surface area contributed by atoms with Crippen molar-refractivity contribution in [2.45, 2.75) is 18.8 Å². The third kappa shape index (κ3) is 1.44. The molecule has 0 amide bonds. The van der Waals surface area contributed by atoms with Crippen LogP contribution in [-0.2, 0) is 0 Å². The van der Waals surface area contributed by atoms with Gasteiger partial charge < -0.3 is 20.2 Å². The molecule has 90 valence electrons. The highest BCUT2D eigenvalue weighted by Gasteiger charge is 2.27. The minimum absolute atomic E-state index is 0.601. The van der Waals surface area contributed by atoms with Crippen LogP contribution in [0.3, 0.4) is 0 Å². The smallest absolute Gasteiger partial charge is 0.185 e. The molecule has 1 aromatic carbocycles. The Balaban J connectivity index is 2.28. The van der Waals surface area contributed by atoms with Gasteiger partial charge in [-0.25, -0.2) is 0 Å². The summed E-state index contributed by atoms with van der Waals surface area (Å²) >= 11 is 0. The summed E-state index contributed by atoms with van der Waals surface area (Å²) in [7, 11) is 3.23. The number of ether oxygens (including phenoxy) is 2. The first kappa shape index (κ1) is 10.3. The zero-order valence-corrected chi connectivity index (χ0v) is 10.0. The Kier molecular flexibility index (Phi) is 2.18. The topological polar surface area (TPSA) is 60.3 Å². The van der Waals surface area contributed by atoms with Crippen molar-refractivity contribution in [3.63, 3.8) is 0 Å². The number of nitrogens with one attached hydrogen (secondary N) is 1. The Morgan fingerprint density at radius 2 is 2.06 bits per heavy atom. The van der Waals surface area contributed by atoms with E-state index >= 15 is 0 Å². The Morgan fingerprint density at radius 3 is 2.65 bits per heavy atom. The highest BCUT2D eigenvalue weighted by atomic mass is 16.5. The van der Waals surface area contributed by atoms with E-state index in [1.165, 1.54) is 18.4 Å². The first-order chi connectivity index (χ1) is 8.26. The van der Waals surface area contributed by atoms with Crippen LogP contribution in [-0.4, -0.2) is 19.2 Å². The Hall–Kier alpha value is -1.84. The maximum atomic E-state index is 6.10. The van der Waals surface area contributed by atoms with Crippen LogP contribution in [0.5, 0.6) is 11.5 Å². The fourth-order valence-corrected chi connectivity index (χ4v) is 2.37. The van der Waals surface area contributed by atoms with Gasteiger partial charge in [-0.2, -0.15) is 0 Å². The molecule has 4 nitrogen and oxygen atoms in total. The molecule has 1 aliphatic carbocycles. The maximum Gasteiger partial charge on any atom is 0.185 e. The van der Waals surface area contributed by atoms with E-state index < -0.39 is 0 Å². The molecule has 0 unspecified atom stereocenters. The molecule has 17 heavy (non-hydrogen) atoms. The summed E-state index contributed by atoms with van der Waals surface area (Å²) in [6, 6.07) is 2.01. The van der Waals surface area contributed by atoms with Crippen molar-refractivity contribution in [3.05, 3.63) is 17.8 Å². The Morgan fingerprint density at radius 1 is 1.29 bits per heavy atom. The number of fused-ring (bicyclic) bond motifs is 1. The third-order valence-electron chi connectivity index (χ3n) is 3.41. The normalized spacial score (nSPS) is 15.2. The standard InChI is InChI=1S/C13H16N2O2/c1-16-10-5-8-9(7-3-4-7)6-15-12(8)11(14)13(10)17-2/h5-7,15H,3-4,14H2,1-2H3. The highest BCUT2D eigenvalue weighted by Crippen LogP contribution is 2.47. The molecule has 4 heteroatoms. The van der Waals surface area contributed by atoms with Gasteiger partial charge in [0.15, 0.2) is 11.5 Å². The summed E-state index contributed by atoms with van der Waals surface area (Å²) in [5.74, 6) is 1.98. The molecule has 1 saturated carbocycles. The van der Waals surface area contributed by atoms with Crippen molar-refractivity contribution in [1.29, 1.82) is 0 Å². The second-order valence-electron chi connectivity index (χ2n) is 4.47. The number of nitrogens with two attached hydrogens (primary N) is 1. The van der Waals surface area contributed by atoms with Gasteiger partial charge >= 0.3 is 0 Å². The van der Waals surface area contributed by atoms with E-state index in [4.69, 9.17) is 15.2 Å². The first-order valence-corrected chi connectivity index (χ1v) is 5.77. The quantitative estimate of drug-likeness (QED) is 0.800. The number of methoxy groups -OCH3 is 2. The lowest BCUT2D eigenvalue weighted by Gasteiger charge is -2.11. The average Bonchev–Trinajstić information content (AvgIpc) is 3.09. The summed E-state index contributed by atoms with van der Waals surface area (Å²) in [5, 5.41) is 1.16. The van der Waals surface area contributed by atoms with E-state index in [0.29, 0.717) is 23.1 Å². The molecule has 3 N–H and O–H groups in total. The number of nitrogen functional groups attached to an aromatic ring is 1. The van der Waals surface area contributed by atoms with Gasteiger partial charge in [0.2, 0.25) is 0 Å². The number of benzene rings is 1. The minimum atomic E-state index is 0.601. The zero-order chi connectivity index (χ0) is 12.0. The van der Waals surface area contributed by atoms with Crippen molar-refractivity contribution >= 4 is 16.6 Å². The largest absolute Gasteiger partial charge is 0.493 e. The van der Waals surface area contributed by atoms with Crippen LogP contribution in [0.15, 0.2) is 12.3 Å². The number of aromatic nitrogens is 1. The van der Waals surface area contributed by atoms with Gasteiger partial charge in [0.1, 0.15) is 5.69 Å². The van der Waals surface area contributed by atoms with Crippen molar-refractivity contribution in [1.82, 2.24) is 4.98 Å². The molecular weight excluding hydrogens is 216 g/mol. The first-order valence-electron chi connectivity index (χ1n) is 5.77. The molecule has 0 saturated heterocycles. The van der Waals surface area contributed by atoms with Gasteiger partial charge in [-0.05, 0) is 30.4 Å². The molecule has 0 radical (unpaired) electrons. The van der Waals surface area contributed by atoms with Crippen LogP contribution in [0.4, 0.5) is 5.69 Å². The molecule has 0 atom stereocenters. The average molecular weight is 232 g/mol. The van der Waals surface area contributed by atoms with Gasteiger partial charge in [-0.1, -0.05) is 0 Å². The van der Waals surface area contributed by atoms with Crippen LogP contribution < -0.4 is 15.2 Å². The molecule has 1 fully saturated rings. The van der Waals surface area contributed by atoms with E-state index in [0.717, 1.165) is 10.9 Å². The predicted molar refractivity (Wildman–Crippen MR) is 67.8 cm³/mol. The number of anilines is 1. The fourth-order valence-electron chi connectivity index (χ4n) is 2.37.